The summed E-state index contributed by atoms with van der Waals surface area (Å²) in [6.45, 7) is 0. The van der Waals surface area contributed by atoms with Gasteiger partial charge in [-0.05, 0) is 17.7 Å². The molecule has 0 saturated heterocycles. The molecule has 1 aromatic rings. The van der Waals surface area contributed by atoms with Gasteiger partial charge in [-0.25, -0.2) is 4.39 Å². The Kier molecular flexibility index (Phi) is 3.40. The molecule has 0 bridgehead atoms. The van der Waals surface area contributed by atoms with E-state index >= 15 is 0 Å². The molecule has 5 heteroatoms. The summed E-state index contributed by atoms with van der Waals surface area (Å²) >= 11 is 0. The summed E-state index contributed by atoms with van der Waals surface area (Å²) in [5, 5.41) is 17.6. The molecule has 0 heterocycles. The van der Waals surface area contributed by atoms with E-state index in [9.17, 15) is 4.39 Å². The number of aliphatic hydroxyl groups is 2. The fraction of sp³-hybridized carbons (Fsp3) is 0.333. The third-order valence-corrected chi connectivity index (χ3v) is 1.84. The zero-order valence-corrected chi connectivity index (χ0v) is 7.64. The Bertz CT molecular complexity index is 317. The molecule has 0 saturated carbocycles. The minimum Gasteiger partial charge on any atom is -0.497 e. The molecule has 0 aliphatic rings. The maximum Gasteiger partial charge on any atom is 0.171 e. The zero-order chi connectivity index (χ0) is 10.7. The first-order valence-corrected chi connectivity index (χ1v) is 4.01. The van der Waals surface area contributed by atoms with Gasteiger partial charge in [-0.1, -0.05) is 0 Å². The highest BCUT2D eigenvalue weighted by Gasteiger charge is 2.15. The van der Waals surface area contributed by atoms with Crippen LogP contribution in [-0.2, 0) is 0 Å². The number of rotatable bonds is 3. The fourth-order valence-corrected chi connectivity index (χ4v) is 1.07. The Morgan fingerprint density at radius 3 is 2.50 bits per heavy atom. The topological polar surface area (TPSA) is 75.7 Å². The molecule has 4 nitrogen and oxygen atoms in total. The van der Waals surface area contributed by atoms with E-state index in [4.69, 9.17) is 20.7 Å². The average molecular weight is 201 g/mol. The molecule has 78 valence electrons. The van der Waals surface area contributed by atoms with Crippen LogP contribution in [0.15, 0.2) is 18.2 Å². The number of nitrogens with two attached hydrogens (primary N) is 1. The number of halogens is 1. The summed E-state index contributed by atoms with van der Waals surface area (Å²) in [5.41, 5.74) is 5.68. The molecule has 0 aliphatic carbocycles. The maximum atomic E-state index is 12.9. The Labute approximate surface area is 80.7 Å². The van der Waals surface area contributed by atoms with Crippen molar-refractivity contribution in [1.82, 2.24) is 0 Å². The average Bonchev–Trinajstić information content (AvgIpc) is 2.15. The van der Waals surface area contributed by atoms with E-state index < -0.39 is 18.1 Å². The molecular weight excluding hydrogens is 189 g/mol. The first-order chi connectivity index (χ1) is 6.54. The first-order valence-electron chi connectivity index (χ1n) is 4.01. The van der Waals surface area contributed by atoms with E-state index in [1.807, 2.05) is 0 Å². The molecule has 0 amide bonds. The molecule has 14 heavy (non-hydrogen) atoms. The highest BCUT2D eigenvalue weighted by molar-refractivity contribution is 5.31. The van der Waals surface area contributed by atoms with E-state index in [1.165, 1.54) is 19.2 Å². The number of aliphatic hydroxyl groups excluding tert-OH is 1. The molecular formula is C9H12FNO3. The number of hydrogen-bond donors (Lipinski definition) is 3. The van der Waals surface area contributed by atoms with Crippen molar-refractivity contribution >= 4 is 0 Å². The zero-order valence-electron chi connectivity index (χ0n) is 7.64. The van der Waals surface area contributed by atoms with Gasteiger partial charge in [0.25, 0.3) is 0 Å². The largest absolute Gasteiger partial charge is 0.497 e. The van der Waals surface area contributed by atoms with Gasteiger partial charge < -0.3 is 20.7 Å². The molecule has 0 aliphatic heterocycles. The molecule has 1 rings (SSSR count). The fourth-order valence-electron chi connectivity index (χ4n) is 1.07. The van der Waals surface area contributed by atoms with E-state index in [1.54, 1.807) is 0 Å². The minimum absolute atomic E-state index is 0.275. The van der Waals surface area contributed by atoms with Gasteiger partial charge in [0.1, 0.15) is 11.6 Å². The van der Waals surface area contributed by atoms with Gasteiger partial charge in [-0.15, -0.1) is 0 Å². The molecule has 0 spiro atoms. The van der Waals surface area contributed by atoms with Crippen LogP contribution >= 0.6 is 0 Å². The molecule has 1 aromatic carbocycles. The summed E-state index contributed by atoms with van der Waals surface area (Å²) in [4.78, 5) is 0. The van der Waals surface area contributed by atoms with Gasteiger partial charge in [0.2, 0.25) is 0 Å². The summed E-state index contributed by atoms with van der Waals surface area (Å²) in [6.07, 6.45) is -1.72. The van der Waals surface area contributed by atoms with Gasteiger partial charge in [0.05, 0.1) is 13.2 Å². The second-order valence-corrected chi connectivity index (χ2v) is 2.86. The van der Waals surface area contributed by atoms with Crippen LogP contribution in [0.2, 0.25) is 0 Å². The van der Waals surface area contributed by atoms with Crippen molar-refractivity contribution in [2.45, 2.75) is 12.3 Å². The Hall–Kier alpha value is -1.17. The standard InChI is InChI=1S/C9H12FNO3/c1-14-7-3-5(2-6(10)4-7)8(11)9(12)13/h2-4,8-9,12-13H,11H2,1H3/t8-/m0/s1. The highest BCUT2D eigenvalue weighted by Crippen LogP contribution is 2.21. The van der Waals surface area contributed by atoms with Gasteiger partial charge in [-0.2, -0.15) is 0 Å². The van der Waals surface area contributed by atoms with Gasteiger partial charge in [0.15, 0.2) is 6.29 Å². The smallest absolute Gasteiger partial charge is 0.171 e. The van der Waals surface area contributed by atoms with Crippen LogP contribution < -0.4 is 10.5 Å². The monoisotopic (exact) mass is 201 g/mol. The predicted molar refractivity (Wildman–Crippen MR) is 48.1 cm³/mol. The van der Waals surface area contributed by atoms with Crippen LogP contribution in [0.5, 0.6) is 5.75 Å². The SMILES string of the molecule is COc1cc(F)cc([C@H](N)C(O)O)c1. The number of methoxy groups -OCH3 is 1. The van der Waals surface area contributed by atoms with Crippen LogP contribution in [0.25, 0.3) is 0 Å². The van der Waals surface area contributed by atoms with Crippen molar-refractivity contribution in [1.29, 1.82) is 0 Å². The Morgan fingerprint density at radius 2 is 2.00 bits per heavy atom. The van der Waals surface area contributed by atoms with E-state index in [0.717, 1.165) is 6.07 Å². The van der Waals surface area contributed by atoms with E-state index in [0.29, 0.717) is 0 Å². The summed E-state index contributed by atoms with van der Waals surface area (Å²) in [7, 11) is 1.39. The van der Waals surface area contributed by atoms with Crippen LogP contribution in [0.4, 0.5) is 4.39 Å². The number of hydrogen-bond acceptors (Lipinski definition) is 4. The lowest BCUT2D eigenvalue weighted by Crippen LogP contribution is -2.25. The third kappa shape index (κ3) is 2.41. The van der Waals surface area contributed by atoms with Crippen molar-refractivity contribution in [3.8, 4) is 5.75 Å². The molecule has 4 N–H and O–H groups in total. The Morgan fingerprint density at radius 1 is 1.36 bits per heavy atom. The van der Waals surface area contributed by atoms with Crippen molar-refractivity contribution in [2.24, 2.45) is 5.73 Å². The second-order valence-electron chi connectivity index (χ2n) is 2.86. The van der Waals surface area contributed by atoms with Crippen LogP contribution in [-0.4, -0.2) is 23.6 Å². The van der Waals surface area contributed by atoms with E-state index in [2.05, 4.69) is 0 Å². The first kappa shape index (κ1) is 10.9. The lowest BCUT2D eigenvalue weighted by atomic mass is 10.1. The Balaban J connectivity index is 3.02. The number of ether oxygens (including phenoxy) is 1. The van der Waals surface area contributed by atoms with Crippen LogP contribution in [0, 0.1) is 5.82 Å². The van der Waals surface area contributed by atoms with Gasteiger partial charge >= 0.3 is 0 Å². The lowest BCUT2D eigenvalue weighted by Gasteiger charge is -2.14. The quantitative estimate of drug-likeness (QED) is 0.608. The molecule has 0 radical (unpaired) electrons. The molecule has 0 aromatic heterocycles. The maximum absolute atomic E-state index is 12.9. The molecule has 0 fully saturated rings. The van der Waals surface area contributed by atoms with Crippen molar-refractivity contribution < 1.29 is 19.3 Å². The summed E-state index contributed by atoms with van der Waals surface area (Å²) < 4.78 is 17.7. The highest BCUT2D eigenvalue weighted by atomic mass is 19.1. The van der Waals surface area contributed by atoms with Crippen molar-refractivity contribution in [2.75, 3.05) is 7.11 Å². The van der Waals surface area contributed by atoms with Crippen molar-refractivity contribution in [3.63, 3.8) is 0 Å². The molecule has 0 unspecified atom stereocenters. The van der Waals surface area contributed by atoms with E-state index in [-0.39, 0.29) is 11.3 Å². The predicted octanol–water partition coefficient (Wildman–Crippen LogP) is 0.145. The second kappa shape index (κ2) is 4.36. The van der Waals surface area contributed by atoms with Crippen molar-refractivity contribution in [3.05, 3.63) is 29.6 Å². The number of benzene rings is 1. The van der Waals surface area contributed by atoms with Crippen LogP contribution in [0.3, 0.4) is 0 Å². The van der Waals surface area contributed by atoms with Gasteiger partial charge in [-0.3, -0.25) is 0 Å². The summed E-state index contributed by atoms with van der Waals surface area (Å²) in [5.74, 6) is -0.244. The third-order valence-electron chi connectivity index (χ3n) is 1.84. The summed E-state index contributed by atoms with van der Waals surface area (Å²) in [6, 6.07) is 2.72. The van der Waals surface area contributed by atoms with Crippen LogP contribution in [0.1, 0.15) is 11.6 Å². The minimum atomic E-state index is -1.72. The normalized spacial score (nSPS) is 13.0. The lowest BCUT2D eigenvalue weighted by molar-refractivity contribution is -0.0590. The molecule has 1 atom stereocenters. The van der Waals surface area contributed by atoms with Gasteiger partial charge in [0, 0.05) is 6.07 Å².